The van der Waals surface area contributed by atoms with Crippen molar-refractivity contribution in [2.45, 2.75) is 20.8 Å². The molecule has 0 aromatic carbocycles. The van der Waals surface area contributed by atoms with Crippen molar-refractivity contribution < 1.29 is 13.2 Å². The van der Waals surface area contributed by atoms with Gasteiger partial charge in [0.25, 0.3) is 0 Å². The van der Waals surface area contributed by atoms with Crippen LogP contribution < -0.4 is 5.14 Å². The second-order valence-electron chi connectivity index (χ2n) is 3.49. The Bertz CT molecular complexity index is 224. The van der Waals surface area contributed by atoms with E-state index < -0.39 is 10.0 Å². The van der Waals surface area contributed by atoms with Crippen molar-refractivity contribution in [3.63, 3.8) is 0 Å². The molecular formula is C8H19NO3S. The number of ether oxygens (including phenoxy) is 1. The Kier molecular flexibility index (Phi) is 5.51. The van der Waals surface area contributed by atoms with Gasteiger partial charge in [0, 0.05) is 6.61 Å². The molecule has 80 valence electrons. The van der Waals surface area contributed by atoms with Crippen LogP contribution in [0.5, 0.6) is 0 Å². The fourth-order valence-corrected chi connectivity index (χ4v) is 2.08. The minimum Gasteiger partial charge on any atom is -0.381 e. The van der Waals surface area contributed by atoms with E-state index >= 15 is 0 Å². The molecule has 0 amide bonds. The summed E-state index contributed by atoms with van der Waals surface area (Å²) in [6.45, 7) is 6.89. The molecule has 1 atom stereocenters. The Morgan fingerprint density at radius 1 is 1.38 bits per heavy atom. The van der Waals surface area contributed by atoms with Crippen LogP contribution in [0.4, 0.5) is 0 Å². The third-order valence-corrected chi connectivity index (χ3v) is 2.82. The fourth-order valence-electron chi connectivity index (χ4n) is 1.00. The summed E-state index contributed by atoms with van der Waals surface area (Å²) in [5.74, 6) is 0.268. The summed E-state index contributed by atoms with van der Waals surface area (Å²) in [7, 11) is -3.38. The molecule has 4 nitrogen and oxygen atoms in total. The molecule has 0 saturated heterocycles. The largest absolute Gasteiger partial charge is 0.381 e. The van der Waals surface area contributed by atoms with Gasteiger partial charge in [0.1, 0.15) is 0 Å². The molecule has 0 aliphatic carbocycles. The average Bonchev–Trinajstić information content (AvgIpc) is 1.95. The van der Waals surface area contributed by atoms with Gasteiger partial charge in [-0.05, 0) is 18.8 Å². The minimum atomic E-state index is -3.38. The average molecular weight is 209 g/mol. The third-order valence-electron chi connectivity index (χ3n) is 1.93. The van der Waals surface area contributed by atoms with E-state index in [1.165, 1.54) is 0 Å². The van der Waals surface area contributed by atoms with Gasteiger partial charge in [-0.2, -0.15) is 0 Å². The van der Waals surface area contributed by atoms with E-state index in [0.717, 1.165) is 0 Å². The molecule has 0 spiro atoms. The van der Waals surface area contributed by atoms with Gasteiger partial charge in [-0.25, -0.2) is 13.6 Å². The van der Waals surface area contributed by atoms with Crippen molar-refractivity contribution in [2.24, 2.45) is 17.0 Å². The van der Waals surface area contributed by atoms with Crippen molar-refractivity contribution in [1.82, 2.24) is 0 Å². The predicted octanol–water partition coefficient (Wildman–Crippen LogP) is 0.584. The first-order chi connectivity index (χ1) is 5.87. The van der Waals surface area contributed by atoms with E-state index in [0.29, 0.717) is 13.2 Å². The van der Waals surface area contributed by atoms with Gasteiger partial charge in [0.2, 0.25) is 10.0 Å². The zero-order valence-corrected chi connectivity index (χ0v) is 9.30. The predicted molar refractivity (Wildman–Crippen MR) is 52.8 cm³/mol. The lowest BCUT2D eigenvalue weighted by Crippen LogP contribution is -2.29. The van der Waals surface area contributed by atoms with Gasteiger partial charge in [-0.3, -0.25) is 0 Å². The van der Waals surface area contributed by atoms with Crippen LogP contribution >= 0.6 is 0 Å². The zero-order valence-electron chi connectivity index (χ0n) is 8.49. The maximum absolute atomic E-state index is 10.8. The van der Waals surface area contributed by atoms with Crippen molar-refractivity contribution in [3.05, 3.63) is 0 Å². The van der Waals surface area contributed by atoms with E-state index in [-0.39, 0.29) is 17.6 Å². The maximum Gasteiger partial charge on any atom is 0.209 e. The number of nitrogens with two attached hydrogens (primary N) is 1. The van der Waals surface area contributed by atoms with E-state index in [4.69, 9.17) is 9.88 Å². The van der Waals surface area contributed by atoms with Crippen LogP contribution in [0, 0.1) is 11.8 Å². The summed E-state index contributed by atoms with van der Waals surface area (Å²) in [4.78, 5) is 0. The van der Waals surface area contributed by atoms with Crippen LogP contribution in [-0.4, -0.2) is 27.4 Å². The van der Waals surface area contributed by atoms with Crippen molar-refractivity contribution in [3.8, 4) is 0 Å². The summed E-state index contributed by atoms with van der Waals surface area (Å²) in [5.41, 5.74) is 0. The van der Waals surface area contributed by atoms with E-state index in [1.54, 1.807) is 0 Å². The molecule has 1 unspecified atom stereocenters. The number of primary sulfonamides is 1. The summed E-state index contributed by atoms with van der Waals surface area (Å²) >= 11 is 0. The van der Waals surface area contributed by atoms with E-state index in [2.05, 4.69) is 0 Å². The van der Waals surface area contributed by atoms with E-state index in [1.807, 2.05) is 20.8 Å². The lowest BCUT2D eigenvalue weighted by molar-refractivity contribution is 0.101. The lowest BCUT2D eigenvalue weighted by Gasteiger charge is -2.18. The molecule has 0 aliphatic heterocycles. The molecule has 0 rings (SSSR count). The van der Waals surface area contributed by atoms with Crippen molar-refractivity contribution in [2.75, 3.05) is 19.0 Å². The Morgan fingerprint density at radius 2 is 1.92 bits per heavy atom. The number of hydrogen-bond donors (Lipinski definition) is 1. The Balaban J connectivity index is 4.11. The second-order valence-corrected chi connectivity index (χ2v) is 5.15. The Hall–Kier alpha value is -0.130. The molecule has 0 heterocycles. The normalized spacial score (nSPS) is 14.8. The lowest BCUT2D eigenvalue weighted by atomic mass is 9.99. The molecule has 0 fully saturated rings. The molecular weight excluding hydrogens is 190 g/mol. The van der Waals surface area contributed by atoms with E-state index in [9.17, 15) is 8.42 Å². The first kappa shape index (κ1) is 12.9. The molecule has 0 radical (unpaired) electrons. The summed E-state index contributed by atoms with van der Waals surface area (Å²) in [6.07, 6.45) is 0. The molecule has 0 aliphatic rings. The molecule has 0 aromatic heterocycles. The summed E-state index contributed by atoms with van der Waals surface area (Å²) < 4.78 is 26.8. The topological polar surface area (TPSA) is 69.4 Å². The summed E-state index contributed by atoms with van der Waals surface area (Å²) in [6, 6.07) is 0. The zero-order chi connectivity index (χ0) is 10.5. The highest BCUT2D eigenvalue weighted by Crippen LogP contribution is 2.12. The summed E-state index contributed by atoms with van der Waals surface area (Å²) in [5, 5.41) is 4.96. The second kappa shape index (κ2) is 5.57. The van der Waals surface area contributed by atoms with Crippen LogP contribution in [0.15, 0.2) is 0 Å². The highest BCUT2D eigenvalue weighted by molar-refractivity contribution is 7.89. The molecule has 5 heteroatoms. The molecule has 0 bridgehead atoms. The molecule has 0 saturated carbocycles. The van der Waals surface area contributed by atoms with Crippen LogP contribution in [-0.2, 0) is 14.8 Å². The Morgan fingerprint density at radius 3 is 2.23 bits per heavy atom. The third kappa shape index (κ3) is 6.98. The van der Waals surface area contributed by atoms with Crippen LogP contribution in [0.2, 0.25) is 0 Å². The van der Waals surface area contributed by atoms with Crippen molar-refractivity contribution in [1.29, 1.82) is 0 Å². The minimum absolute atomic E-state index is 0.00463. The Labute approximate surface area is 80.5 Å². The number of rotatable bonds is 6. The number of sulfonamides is 1. The first-order valence-electron chi connectivity index (χ1n) is 4.45. The van der Waals surface area contributed by atoms with Gasteiger partial charge in [0.05, 0.1) is 12.4 Å². The molecule has 0 aromatic rings. The first-order valence-corrected chi connectivity index (χ1v) is 6.16. The van der Waals surface area contributed by atoms with Crippen LogP contribution in [0.25, 0.3) is 0 Å². The van der Waals surface area contributed by atoms with Gasteiger partial charge >= 0.3 is 0 Å². The number of hydrogen-bond acceptors (Lipinski definition) is 3. The van der Waals surface area contributed by atoms with Gasteiger partial charge in [0.15, 0.2) is 0 Å². The quantitative estimate of drug-likeness (QED) is 0.696. The van der Waals surface area contributed by atoms with Crippen molar-refractivity contribution >= 4 is 10.0 Å². The smallest absolute Gasteiger partial charge is 0.209 e. The van der Waals surface area contributed by atoms with Crippen LogP contribution in [0.3, 0.4) is 0 Å². The van der Waals surface area contributed by atoms with Gasteiger partial charge < -0.3 is 4.74 Å². The SMILES string of the molecule is CCOCC(CS(N)(=O)=O)C(C)C. The monoisotopic (exact) mass is 209 g/mol. The molecule has 13 heavy (non-hydrogen) atoms. The van der Waals surface area contributed by atoms with Crippen LogP contribution in [0.1, 0.15) is 20.8 Å². The standard InChI is InChI=1S/C8H19NO3S/c1-4-12-5-8(7(2)3)6-13(9,10)11/h7-8H,4-6H2,1-3H3,(H2,9,10,11). The molecule has 2 N–H and O–H groups in total. The maximum atomic E-state index is 10.8. The highest BCUT2D eigenvalue weighted by atomic mass is 32.2. The van der Waals surface area contributed by atoms with Gasteiger partial charge in [-0.1, -0.05) is 13.8 Å². The van der Waals surface area contributed by atoms with Gasteiger partial charge in [-0.15, -0.1) is 0 Å². The fraction of sp³-hybridized carbons (Fsp3) is 1.00. The highest BCUT2D eigenvalue weighted by Gasteiger charge is 2.19.